The van der Waals surface area contributed by atoms with Crippen LogP contribution >= 0.6 is 0 Å². The molecular formula is C24H31F3N6O2. The Morgan fingerprint density at radius 2 is 1.86 bits per heavy atom. The lowest BCUT2D eigenvalue weighted by molar-refractivity contribution is -0.137. The monoisotopic (exact) mass is 492 g/mol. The number of nitrogens with one attached hydrogen (secondary N) is 2. The minimum absolute atomic E-state index is 0.0727. The molecule has 2 aliphatic rings. The lowest BCUT2D eigenvalue weighted by Crippen LogP contribution is -2.46. The van der Waals surface area contributed by atoms with Gasteiger partial charge in [-0.1, -0.05) is 6.92 Å². The van der Waals surface area contributed by atoms with E-state index in [1.165, 1.54) is 0 Å². The van der Waals surface area contributed by atoms with Gasteiger partial charge < -0.3 is 25.2 Å². The Balaban J connectivity index is 1.59. The molecule has 2 amide bonds. The first-order valence-electron chi connectivity index (χ1n) is 11.9. The van der Waals surface area contributed by atoms with Gasteiger partial charge >= 0.3 is 12.2 Å². The van der Waals surface area contributed by atoms with Gasteiger partial charge in [0.25, 0.3) is 0 Å². The van der Waals surface area contributed by atoms with Crippen molar-refractivity contribution in [3.05, 3.63) is 46.4 Å². The number of aromatic nitrogens is 2. The van der Waals surface area contributed by atoms with Crippen LogP contribution in [0.2, 0.25) is 0 Å². The van der Waals surface area contributed by atoms with Crippen LogP contribution in [-0.4, -0.2) is 58.6 Å². The van der Waals surface area contributed by atoms with Crippen molar-refractivity contribution in [1.29, 1.82) is 0 Å². The third kappa shape index (κ3) is 5.61. The standard InChI is InChI=1S/C24H31F3N6O2/c1-4-21-30-20-14-33(23(34)32-6-8-35-9-7-32)13-19(20)22(31-21)29-15(3)16-10-17(24(25,26)27)12-18(11-16)28-5-2/h10-12,15,28H,4-9,13-14H2,1-3H3,(H,29,30,31)/t15-/m1/s1. The number of hydrogen-bond donors (Lipinski definition) is 2. The van der Waals surface area contributed by atoms with Crippen LogP contribution in [0.1, 0.15) is 55.0 Å². The second kappa shape index (κ2) is 10.3. The van der Waals surface area contributed by atoms with E-state index in [1.807, 2.05) is 13.8 Å². The van der Waals surface area contributed by atoms with E-state index < -0.39 is 17.8 Å². The zero-order valence-corrected chi connectivity index (χ0v) is 20.2. The molecule has 4 rings (SSSR count). The summed E-state index contributed by atoms with van der Waals surface area (Å²) in [7, 11) is 0. The summed E-state index contributed by atoms with van der Waals surface area (Å²) in [5.74, 6) is 1.18. The number of nitrogens with zero attached hydrogens (tertiary/aromatic N) is 4. The van der Waals surface area contributed by atoms with Crippen molar-refractivity contribution in [1.82, 2.24) is 19.8 Å². The van der Waals surface area contributed by atoms with Crippen molar-refractivity contribution in [3.63, 3.8) is 0 Å². The summed E-state index contributed by atoms with van der Waals surface area (Å²) in [6, 6.07) is 3.47. The Hall–Kier alpha value is -3.08. The third-order valence-electron chi connectivity index (χ3n) is 6.21. The van der Waals surface area contributed by atoms with Crippen LogP contribution in [0.5, 0.6) is 0 Å². The Morgan fingerprint density at radius 3 is 2.51 bits per heavy atom. The molecule has 0 saturated carbocycles. The molecule has 2 aromatic rings. The predicted molar refractivity (Wildman–Crippen MR) is 126 cm³/mol. The van der Waals surface area contributed by atoms with Crippen LogP contribution in [-0.2, 0) is 30.4 Å². The van der Waals surface area contributed by atoms with Gasteiger partial charge in [-0.2, -0.15) is 13.2 Å². The van der Waals surface area contributed by atoms with Crippen LogP contribution in [0.25, 0.3) is 0 Å². The van der Waals surface area contributed by atoms with Crippen molar-refractivity contribution in [2.75, 3.05) is 43.5 Å². The van der Waals surface area contributed by atoms with Crippen LogP contribution in [0, 0.1) is 0 Å². The molecule has 2 N–H and O–H groups in total. The lowest BCUT2D eigenvalue weighted by atomic mass is 10.0. The maximum Gasteiger partial charge on any atom is 0.416 e. The summed E-state index contributed by atoms with van der Waals surface area (Å²) in [6.07, 6.45) is -3.85. The molecule has 0 radical (unpaired) electrons. The second-order valence-corrected chi connectivity index (χ2v) is 8.74. The van der Waals surface area contributed by atoms with Gasteiger partial charge in [0, 0.05) is 37.3 Å². The fourth-order valence-electron chi connectivity index (χ4n) is 4.33. The summed E-state index contributed by atoms with van der Waals surface area (Å²) in [5, 5.41) is 6.28. The number of carbonyl (C=O) groups is 1. The number of carbonyl (C=O) groups excluding carboxylic acids is 1. The van der Waals surface area contributed by atoms with Crippen molar-refractivity contribution >= 4 is 17.5 Å². The van der Waals surface area contributed by atoms with Gasteiger partial charge in [0.05, 0.1) is 43.6 Å². The molecule has 1 fully saturated rings. The first kappa shape index (κ1) is 25.0. The summed E-state index contributed by atoms with van der Waals surface area (Å²) in [5.41, 5.74) is 1.76. The number of halogens is 3. The van der Waals surface area contributed by atoms with Crippen molar-refractivity contribution < 1.29 is 22.7 Å². The fourth-order valence-corrected chi connectivity index (χ4v) is 4.33. The minimum Gasteiger partial charge on any atom is -0.385 e. The molecule has 2 aliphatic heterocycles. The van der Waals surface area contributed by atoms with Crippen LogP contribution < -0.4 is 10.6 Å². The van der Waals surface area contributed by atoms with Gasteiger partial charge in [-0.3, -0.25) is 0 Å². The SMILES string of the molecule is CCNc1cc([C@@H](C)Nc2nc(CC)nc3c2CN(C(=O)N2CCOCC2)C3)cc(C(F)(F)F)c1. The van der Waals surface area contributed by atoms with E-state index in [1.54, 1.807) is 22.8 Å². The van der Waals surface area contributed by atoms with Crippen LogP contribution in [0.3, 0.4) is 0 Å². The quantitative estimate of drug-likeness (QED) is 0.621. The average Bonchev–Trinajstić information content (AvgIpc) is 3.28. The van der Waals surface area contributed by atoms with E-state index in [0.717, 1.165) is 23.4 Å². The number of benzene rings is 1. The Labute approximate surface area is 202 Å². The van der Waals surface area contributed by atoms with Crippen molar-refractivity contribution in [2.45, 2.75) is 52.5 Å². The van der Waals surface area contributed by atoms with Crippen molar-refractivity contribution in [3.8, 4) is 0 Å². The largest absolute Gasteiger partial charge is 0.416 e. The maximum atomic E-state index is 13.5. The Morgan fingerprint density at radius 1 is 1.11 bits per heavy atom. The van der Waals surface area contributed by atoms with Gasteiger partial charge in [0.2, 0.25) is 0 Å². The summed E-state index contributed by atoms with van der Waals surface area (Å²) >= 11 is 0. The number of fused-ring (bicyclic) bond motifs is 1. The van der Waals surface area contributed by atoms with E-state index in [2.05, 4.69) is 20.6 Å². The number of aryl methyl sites for hydroxylation is 1. The van der Waals surface area contributed by atoms with Gasteiger partial charge in [0.15, 0.2) is 0 Å². The molecule has 0 unspecified atom stereocenters. The molecule has 0 spiro atoms. The molecule has 1 aromatic heterocycles. The summed E-state index contributed by atoms with van der Waals surface area (Å²) in [6.45, 7) is 8.93. The summed E-state index contributed by atoms with van der Waals surface area (Å²) < 4.78 is 45.9. The minimum atomic E-state index is -4.45. The van der Waals surface area contributed by atoms with Crippen LogP contribution in [0.15, 0.2) is 18.2 Å². The predicted octanol–water partition coefficient (Wildman–Crippen LogP) is 4.43. The smallest absolute Gasteiger partial charge is 0.385 e. The number of anilines is 2. The molecule has 1 saturated heterocycles. The van der Waals surface area contributed by atoms with Gasteiger partial charge in [0.1, 0.15) is 11.6 Å². The zero-order valence-electron chi connectivity index (χ0n) is 20.2. The third-order valence-corrected chi connectivity index (χ3v) is 6.21. The zero-order chi connectivity index (χ0) is 25.2. The number of hydrogen-bond acceptors (Lipinski definition) is 6. The van der Waals surface area contributed by atoms with Crippen molar-refractivity contribution in [2.24, 2.45) is 0 Å². The molecule has 1 aromatic carbocycles. The molecular weight excluding hydrogens is 461 g/mol. The van der Waals surface area contributed by atoms with E-state index in [4.69, 9.17) is 4.74 Å². The van der Waals surface area contributed by atoms with Gasteiger partial charge in [-0.25, -0.2) is 14.8 Å². The van der Waals surface area contributed by atoms with Gasteiger partial charge in [-0.15, -0.1) is 0 Å². The highest BCUT2D eigenvalue weighted by Crippen LogP contribution is 2.35. The molecule has 0 aliphatic carbocycles. The molecule has 190 valence electrons. The molecule has 1 atom stereocenters. The second-order valence-electron chi connectivity index (χ2n) is 8.74. The number of urea groups is 1. The normalized spacial score (nSPS) is 16.7. The van der Waals surface area contributed by atoms with E-state index in [9.17, 15) is 18.0 Å². The lowest BCUT2D eigenvalue weighted by Gasteiger charge is -2.30. The fraction of sp³-hybridized carbons (Fsp3) is 0.542. The molecule has 35 heavy (non-hydrogen) atoms. The first-order chi connectivity index (χ1) is 16.7. The number of amides is 2. The highest BCUT2D eigenvalue weighted by Gasteiger charge is 2.33. The summed E-state index contributed by atoms with van der Waals surface area (Å²) in [4.78, 5) is 25.8. The van der Waals surface area contributed by atoms with Gasteiger partial charge in [-0.05, 0) is 37.6 Å². The number of morpholine rings is 1. The van der Waals surface area contributed by atoms with E-state index in [0.29, 0.717) is 75.3 Å². The topological polar surface area (TPSA) is 82.6 Å². The number of alkyl halides is 3. The van der Waals surface area contributed by atoms with E-state index in [-0.39, 0.29) is 6.03 Å². The molecule has 3 heterocycles. The number of ether oxygens (including phenoxy) is 1. The molecule has 11 heteroatoms. The molecule has 0 bridgehead atoms. The maximum absolute atomic E-state index is 13.5. The highest BCUT2D eigenvalue weighted by molar-refractivity contribution is 5.76. The van der Waals surface area contributed by atoms with Crippen LogP contribution in [0.4, 0.5) is 29.5 Å². The number of rotatable bonds is 6. The first-order valence-corrected chi connectivity index (χ1v) is 11.9. The molecule has 8 nitrogen and oxygen atoms in total. The Bertz CT molecular complexity index is 1070. The Kier molecular flexibility index (Phi) is 7.34. The average molecular weight is 493 g/mol. The highest BCUT2D eigenvalue weighted by atomic mass is 19.4. The van der Waals surface area contributed by atoms with E-state index >= 15 is 0 Å².